The Kier molecular flexibility index (Phi) is 4.08. The summed E-state index contributed by atoms with van der Waals surface area (Å²) < 4.78 is 5.42. The van der Waals surface area contributed by atoms with E-state index >= 15 is 0 Å². The molecule has 1 saturated heterocycles. The van der Waals surface area contributed by atoms with Crippen molar-refractivity contribution in [2.24, 2.45) is 5.41 Å². The maximum Gasteiger partial charge on any atom is 0.0710 e. The summed E-state index contributed by atoms with van der Waals surface area (Å²) in [4.78, 5) is 2.60. The van der Waals surface area contributed by atoms with Gasteiger partial charge in [-0.2, -0.15) is 0 Å². The molecule has 1 aliphatic heterocycles. The third-order valence-electron chi connectivity index (χ3n) is 4.07. The average Bonchev–Trinajstić information content (AvgIpc) is 2.88. The molecule has 1 unspecified atom stereocenters. The van der Waals surface area contributed by atoms with Crippen LogP contribution in [-0.2, 0) is 4.74 Å². The molecule has 1 heterocycles. The van der Waals surface area contributed by atoms with Gasteiger partial charge in [0.05, 0.1) is 6.10 Å². The Hall–Kier alpha value is 0.400. The number of rotatable bonds is 4. The fourth-order valence-corrected chi connectivity index (χ4v) is 3.80. The van der Waals surface area contributed by atoms with Crippen LogP contribution in [0.15, 0.2) is 0 Å². The van der Waals surface area contributed by atoms with Gasteiger partial charge in [-0.1, -0.05) is 28.8 Å². The van der Waals surface area contributed by atoms with Crippen LogP contribution in [0.25, 0.3) is 0 Å². The molecule has 2 nitrogen and oxygen atoms in total. The second-order valence-electron chi connectivity index (χ2n) is 5.22. The third-order valence-corrected chi connectivity index (χ3v) is 5.26. The molecule has 2 rings (SSSR count). The Morgan fingerprint density at radius 2 is 2.13 bits per heavy atom. The maximum absolute atomic E-state index is 5.42. The van der Waals surface area contributed by atoms with Gasteiger partial charge in [0.2, 0.25) is 0 Å². The fourth-order valence-electron chi connectivity index (χ4n) is 3.07. The van der Waals surface area contributed by atoms with Crippen molar-refractivity contribution in [1.29, 1.82) is 0 Å². The van der Waals surface area contributed by atoms with Crippen molar-refractivity contribution in [3.05, 3.63) is 0 Å². The van der Waals surface area contributed by atoms with Crippen molar-refractivity contribution in [2.75, 3.05) is 32.1 Å². The van der Waals surface area contributed by atoms with E-state index in [9.17, 15) is 0 Å². The van der Waals surface area contributed by atoms with E-state index < -0.39 is 0 Å². The predicted molar refractivity (Wildman–Crippen MR) is 66.5 cm³/mol. The van der Waals surface area contributed by atoms with Crippen LogP contribution in [0.5, 0.6) is 0 Å². The SMILES string of the molecule is COC1CCN(CC2(CBr)CCCC2)C1. The lowest BCUT2D eigenvalue weighted by Gasteiger charge is -2.31. The first kappa shape index (κ1) is 11.9. The Balaban J connectivity index is 1.85. The highest BCUT2D eigenvalue weighted by Gasteiger charge is 2.36. The van der Waals surface area contributed by atoms with E-state index in [0.29, 0.717) is 11.5 Å². The van der Waals surface area contributed by atoms with E-state index in [0.717, 1.165) is 6.54 Å². The van der Waals surface area contributed by atoms with Crippen molar-refractivity contribution in [3.63, 3.8) is 0 Å². The molecular formula is C12H22BrNO. The van der Waals surface area contributed by atoms with Crippen molar-refractivity contribution < 1.29 is 4.74 Å². The minimum absolute atomic E-state index is 0.485. The number of hydrogen-bond donors (Lipinski definition) is 0. The molecule has 0 N–H and O–H groups in total. The summed E-state index contributed by atoms with van der Waals surface area (Å²) >= 11 is 3.71. The largest absolute Gasteiger partial charge is 0.380 e. The van der Waals surface area contributed by atoms with E-state index in [1.165, 1.54) is 50.5 Å². The van der Waals surface area contributed by atoms with Crippen LogP contribution in [0.1, 0.15) is 32.1 Å². The lowest BCUT2D eigenvalue weighted by atomic mass is 9.88. The van der Waals surface area contributed by atoms with Crippen molar-refractivity contribution in [1.82, 2.24) is 4.90 Å². The molecule has 0 aromatic carbocycles. The summed E-state index contributed by atoms with van der Waals surface area (Å²) in [6, 6.07) is 0. The highest BCUT2D eigenvalue weighted by Crippen LogP contribution is 2.40. The highest BCUT2D eigenvalue weighted by atomic mass is 79.9. The number of ether oxygens (including phenoxy) is 1. The summed E-state index contributed by atoms with van der Waals surface area (Å²) in [6.45, 7) is 3.65. The fraction of sp³-hybridized carbons (Fsp3) is 1.00. The molecule has 1 aliphatic carbocycles. The average molecular weight is 276 g/mol. The molecular weight excluding hydrogens is 254 g/mol. The van der Waals surface area contributed by atoms with E-state index in [1.54, 1.807) is 0 Å². The number of nitrogens with zero attached hydrogens (tertiary/aromatic N) is 1. The van der Waals surface area contributed by atoms with Gasteiger partial charge in [0.25, 0.3) is 0 Å². The molecule has 0 radical (unpaired) electrons. The molecule has 15 heavy (non-hydrogen) atoms. The number of halogens is 1. The molecule has 0 amide bonds. The smallest absolute Gasteiger partial charge is 0.0710 e. The van der Waals surface area contributed by atoms with Crippen LogP contribution >= 0.6 is 15.9 Å². The Labute approximate surface area is 101 Å². The van der Waals surface area contributed by atoms with Gasteiger partial charge in [0, 0.05) is 32.1 Å². The first-order valence-corrected chi connectivity index (χ1v) is 7.21. The van der Waals surface area contributed by atoms with Crippen LogP contribution in [0, 0.1) is 5.41 Å². The molecule has 0 bridgehead atoms. The summed E-state index contributed by atoms with van der Waals surface area (Å²) in [5.74, 6) is 0. The second-order valence-corrected chi connectivity index (χ2v) is 5.78. The van der Waals surface area contributed by atoms with Crippen molar-refractivity contribution >= 4 is 15.9 Å². The van der Waals surface area contributed by atoms with Crippen molar-refractivity contribution in [2.45, 2.75) is 38.2 Å². The number of likely N-dealkylation sites (tertiary alicyclic amines) is 1. The molecule has 0 spiro atoms. The minimum Gasteiger partial charge on any atom is -0.380 e. The zero-order valence-electron chi connectivity index (χ0n) is 9.67. The Bertz CT molecular complexity index is 204. The van der Waals surface area contributed by atoms with E-state index in [-0.39, 0.29) is 0 Å². The zero-order valence-corrected chi connectivity index (χ0v) is 11.3. The van der Waals surface area contributed by atoms with Gasteiger partial charge in [-0.05, 0) is 24.7 Å². The van der Waals surface area contributed by atoms with Crippen LogP contribution < -0.4 is 0 Å². The summed E-state index contributed by atoms with van der Waals surface area (Å²) in [6.07, 6.45) is 7.37. The third kappa shape index (κ3) is 2.75. The molecule has 0 aromatic heterocycles. The number of methoxy groups -OCH3 is 1. The number of alkyl halides is 1. The van der Waals surface area contributed by atoms with Crippen LogP contribution in [0.4, 0.5) is 0 Å². The molecule has 3 heteroatoms. The first-order chi connectivity index (χ1) is 7.28. The highest BCUT2D eigenvalue weighted by molar-refractivity contribution is 9.09. The quantitative estimate of drug-likeness (QED) is 0.732. The zero-order chi connectivity index (χ0) is 10.7. The van der Waals surface area contributed by atoms with Crippen LogP contribution in [0.2, 0.25) is 0 Å². The summed E-state index contributed by atoms with van der Waals surface area (Å²) in [5.41, 5.74) is 0.572. The van der Waals surface area contributed by atoms with Gasteiger partial charge >= 0.3 is 0 Å². The topological polar surface area (TPSA) is 12.5 Å². The van der Waals surface area contributed by atoms with E-state index in [2.05, 4.69) is 20.8 Å². The predicted octanol–water partition coefficient (Wildman–Crippen LogP) is 2.66. The molecule has 1 saturated carbocycles. The van der Waals surface area contributed by atoms with E-state index in [1.807, 2.05) is 7.11 Å². The van der Waals surface area contributed by atoms with Gasteiger partial charge < -0.3 is 9.64 Å². The standard InChI is InChI=1S/C12H22BrNO/c1-15-11-4-7-14(8-11)10-12(9-13)5-2-3-6-12/h11H,2-10H2,1H3. The van der Waals surface area contributed by atoms with Gasteiger partial charge in [-0.3, -0.25) is 0 Å². The lowest BCUT2D eigenvalue weighted by molar-refractivity contribution is 0.100. The molecule has 2 aliphatic rings. The maximum atomic E-state index is 5.42. The Morgan fingerprint density at radius 1 is 1.40 bits per heavy atom. The van der Waals surface area contributed by atoms with Gasteiger partial charge in [-0.25, -0.2) is 0 Å². The van der Waals surface area contributed by atoms with Gasteiger partial charge in [0.1, 0.15) is 0 Å². The second kappa shape index (κ2) is 5.15. The minimum atomic E-state index is 0.485. The van der Waals surface area contributed by atoms with Crippen LogP contribution in [0.3, 0.4) is 0 Å². The van der Waals surface area contributed by atoms with E-state index in [4.69, 9.17) is 4.74 Å². The summed E-state index contributed by atoms with van der Waals surface area (Å²) in [5, 5.41) is 1.17. The van der Waals surface area contributed by atoms with Crippen LogP contribution in [-0.4, -0.2) is 43.1 Å². The van der Waals surface area contributed by atoms with Gasteiger partial charge in [-0.15, -0.1) is 0 Å². The Morgan fingerprint density at radius 3 is 2.67 bits per heavy atom. The first-order valence-electron chi connectivity index (χ1n) is 6.09. The molecule has 88 valence electrons. The monoisotopic (exact) mass is 275 g/mol. The number of hydrogen-bond acceptors (Lipinski definition) is 2. The van der Waals surface area contributed by atoms with Gasteiger partial charge in [0.15, 0.2) is 0 Å². The molecule has 2 fully saturated rings. The summed E-state index contributed by atoms with van der Waals surface area (Å²) in [7, 11) is 1.84. The molecule has 1 atom stereocenters. The normalized spacial score (nSPS) is 31.2. The lowest BCUT2D eigenvalue weighted by Crippen LogP contribution is -2.36. The van der Waals surface area contributed by atoms with Crippen molar-refractivity contribution in [3.8, 4) is 0 Å². The molecule has 0 aromatic rings.